The maximum atomic E-state index is 12.7. The number of benzene rings is 1. The highest BCUT2D eigenvalue weighted by Gasteiger charge is 2.23. The van der Waals surface area contributed by atoms with Crippen LogP contribution in [0.15, 0.2) is 30.5 Å². The number of aromatic nitrogens is 5. The lowest BCUT2D eigenvalue weighted by Crippen LogP contribution is -2.43. The first-order chi connectivity index (χ1) is 24.1. The molecule has 5 N–H and O–H groups in total. The number of amides is 1. The molecule has 1 saturated heterocycles. The Hall–Kier alpha value is -3.88. The molecule has 1 saturated carbocycles. The summed E-state index contributed by atoms with van der Waals surface area (Å²) in [6.07, 6.45) is 13.0. The van der Waals surface area contributed by atoms with E-state index in [9.17, 15) is 9.59 Å². The number of likely N-dealkylation sites (tertiary alicyclic amines) is 1. The minimum absolute atomic E-state index is 0.0929. The van der Waals surface area contributed by atoms with Gasteiger partial charge >= 0.3 is 5.97 Å². The van der Waals surface area contributed by atoms with Gasteiger partial charge in [0.05, 0.1) is 31.4 Å². The van der Waals surface area contributed by atoms with Crippen LogP contribution in [0.3, 0.4) is 0 Å². The molecule has 268 valence electrons. The van der Waals surface area contributed by atoms with Crippen molar-refractivity contribution in [3.05, 3.63) is 36.2 Å². The van der Waals surface area contributed by atoms with Gasteiger partial charge in [0.25, 0.3) is 0 Å². The van der Waals surface area contributed by atoms with Crippen molar-refractivity contribution in [1.82, 2.24) is 45.8 Å². The fraction of sp³-hybridized carbons (Fsp3) is 0.657. The molecule has 2 aromatic heterocycles. The zero-order valence-electron chi connectivity index (χ0n) is 29.1. The molecule has 0 bridgehead atoms. The van der Waals surface area contributed by atoms with Gasteiger partial charge in [0, 0.05) is 50.1 Å². The molecule has 2 aliphatic rings. The normalized spacial score (nSPS) is 15.8. The summed E-state index contributed by atoms with van der Waals surface area (Å²) in [5.74, 6) is 1.10. The van der Waals surface area contributed by atoms with E-state index in [0.717, 1.165) is 80.3 Å². The molecule has 3 heterocycles. The van der Waals surface area contributed by atoms with Gasteiger partial charge in [-0.1, -0.05) is 36.6 Å². The third kappa shape index (κ3) is 12.2. The summed E-state index contributed by atoms with van der Waals surface area (Å²) < 4.78 is 6.80. The summed E-state index contributed by atoms with van der Waals surface area (Å²) >= 11 is 0. The van der Waals surface area contributed by atoms with E-state index in [-0.39, 0.29) is 24.5 Å². The van der Waals surface area contributed by atoms with Crippen molar-refractivity contribution < 1.29 is 14.3 Å². The van der Waals surface area contributed by atoms with E-state index in [2.05, 4.69) is 36.9 Å². The van der Waals surface area contributed by atoms with E-state index < -0.39 is 0 Å². The number of esters is 1. The number of ether oxygens (including phenoxy) is 1. The Kier molecular flexibility index (Phi) is 14.8. The van der Waals surface area contributed by atoms with E-state index in [1.54, 1.807) is 6.92 Å². The Bertz CT molecular complexity index is 1440. The summed E-state index contributed by atoms with van der Waals surface area (Å²) in [7, 11) is 0. The highest BCUT2D eigenvalue weighted by molar-refractivity contribution is 5.90. The van der Waals surface area contributed by atoms with Crippen LogP contribution in [0.4, 0.5) is 11.8 Å². The Labute approximate surface area is 289 Å². The number of aryl methyl sites for hydroxylation is 1. The first-order valence-corrected chi connectivity index (χ1v) is 18.3. The predicted octanol–water partition coefficient (Wildman–Crippen LogP) is 3.07. The molecule has 1 aliphatic heterocycles. The third-order valence-corrected chi connectivity index (χ3v) is 9.21. The van der Waals surface area contributed by atoms with Crippen molar-refractivity contribution in [2.24, 2.45) is 0 Å². The highest BCUT2D eigenvalue weighted by Crippen LogP contribution is 2.25. The van der Waals surface area contributed by atoms with Gasteiger partial charge in [-0.25, -0.2) is 4.98 Å². The zero-order valence-corrected chi connectivity index (χ0v) is 29.1. The number of nitrogens with zero attached hydrogens (tertiary/aromatic N) is 6. The lowest BCUT2D eigenvalue weighted by molar-refractivity contribution is -0.142. The van der Waals surface area contributed by atoms with Crippen molar-refractivity contribution in [2.75, 3.05) is 63.1 Å². The second-order valence-corrected chi connectivity index (χ2v) is 13.0. The second kappa shape index (κ2) is 20.0. The first kappa shape index (κ1) is 36.4. The van der Waals surface area contributed by atoms with Crippen molar-refractivity contribution in [3.8, 4) is 0 Å². The molecule has 1 aromatic carbocycles. The fourth-order valence-electron chi connectivity index (χ4n) is 6.50. The van der Waals surface area contributed by atoms with Crippen LogP contribution >= 0.6 is 0 Å². The predicted molar refractivity (Wildman–Crippen MR) is 191 cm³/mol. The monoisotopic (exact) mass is 677 g/mol. The molecule has 14 nitrogen and oxygen atoms in total. The number of anilines is 2. The number of piperidine rings is 1. The molecule has 0 radical (unpaired) electrons. The molecule has 1 aliphatic carbocycles. The molecule has 0 atom stereocenters. The molecule has 14 heteroatoms. The molecule has 3 aromatic rings. The van der Waals surface area contributed by atoms with E-state index in [4.69, 9.17) is 14.7 Å². The number of carbonyl (C=O) groups excluding carboxylic acids is 2. The standard InChI is InChI=1S/C35H55N11O3/c1-2-49-33(48)25-37-20-14-32(47)45-22-15-28(16-23-45)40-34-30-12-6-7-13-31(30)41-35(42-34)39-24-29-26-46(44-43-29)21-9-18-36-17-8-19-38-27-10-4-3-5-11-27/h6-7,12-13,26-28,36-38H,2-5,8-11,14-25H2,1H3,(H2,39,40,41,42). The lowest BCUT2D eigenvalue weighted by atomic mass is 9.95. The smallest absolute Gasteiger partial charge is 0.319 e. The minimum atomic E-state index is -0.303. The molecule has 49 heavy (non-hydrogen) atoms. The molecular weight excluding hydrogens is 622 g/mol. The van der Waals surface area contributed by atoms with Crippen LogP contribution in [0, 0.1) is 0 Å². The van der Waals surface area contributed by atoms with Gasteiger partial charge in [0.15, 0.2) is 0 Å². The maximum Gasteiger partial charge on any atom is 0.319 e. The minimum Gasteiger partial charge on any atom is -0.465 e. The van der Waals surface area contributed by atoms with Crippen LogP contribution in [0.1, 0.15) is 76.8 Å². The summed E-state index contributed by atoms with van der Waals surface area (Å²) in [4.78, 5) is 35.7. The topological polar surface area (TPSA) is 163 Å². The molecule has 1 amide bonds. The largest absolute Gasteiger partial charge is 0.465 e. The van der Waals surface area contributed by atoms with Gasteiger partial charge in [-0.05, 0) is 77.2 Å². The van der Waals surface area contributed by atoms with Crippen LogP contribution in [0.25, 0.3) is 10.9 Å². The zero-order chi connectivity index (χ0) is 34.1. The fourth-order valence-corrected chi connectivity index (χ4v) is 6.50. The van der Waals surface area contributed by atoms with E-state index in [1.165, 1.54) is 32.1 Å². The summed E-state index contributed by atoms with van der Waals surface area (Å²) in [6.45, 7) is 8.42. The molecule has 0 spiro atoms. The van der Waals surface area contributed by atoms with Crippen LogP contribution in [0.2, 0.25) is 0 Å². The van der Waals surface area contributed by atoms with Gasteiger partial charge < -0.3 is 36.2 Å². The average molecular weight is 678 g/mol. The molecular formula is C35H55N11O3. The van der Waals surface area contributed by atoms with Crippen molar-refractivity contribution in [3.63, 3.8) is 0 Å². The Balaban J connectivity index is 1.01. The summed E-state index contributed by atoms with van der Waals surface area (Å²) in [6, 6.07) is 8.90. The third-order valence-electron chi connectivity index (χ3n) is 9.21. The molecule has 5 rings (SSSR count). The van der Waals surface area contributed by atoms with E-state index in [0.29, 0.717) is 45.2 Å². The quantitative estimate of drug-likeness (QED) is 0.0879. The van der Waals surface area contributed by atoms with Gasteiger partial charge in [-0.2, -0.15) is 4.98 Å². The van der Waals surface area contributed by atoms with Crippen LogP contribution in [-0.2, 0) is 27.4 Å². The van der Waals surface area contributed by atoms with E-state index in [1.807, 2.05) is 40.0 Å². The summed E-state index contributed by atoms with van der Waals surface area (Å²) in [5.41, 5.74) is 1.69. The van der Waals surface area contributed by atoms with Crippen molar-refractivity contribution >= 4 is 34.5 Å². The van der Waals surface area contributed by atoms with Crippen LogP contribution < -0.4 is 26.6 Å². The average Bonchev–Trinajstić information content (AvgIpc) is 3.59. The Morgan fingerprint density at radius 2 is 1.73 bits per heavy atom. The number of para-hydroxylation sites is 1. The number of rotatable bonds is 20. The number of carbonyl (C=O) groups is 2. The molecule has 2 fully saturated rings. The number of fused-ring (bicyclic) bond motifs is 1. The van der Waals surface area contributed by atoms with Crippen LogP contribution in [-0.4, -0.2) is 106 Å². The molecule has 0 unspecified atom stereocenters. The lowest BCUT2D eigenvalue weighted by Gasteiger charge is -2.33. The summed E-state index contributed by atoms with van der Waals surface area (Å²) in [5, 5.41) is 26.8. The SMILES string of the molecule is CCOC(=O)CNCCC(=O)N1CCC(Nc2nc(NCc3cn(CCCNCCCNC4CCCCC4)nn3)nc3ccccc23)CC1. The van der Waals surface area contributed by atoms with E-state index >= 15 is 0 Å². The second-order valence-electron chi connectivity index (χ2n) is 13.0. The Morgan fingerprint density at radius 1 is 0.918 bits per heavy atom. The first-order valence-electron chi connectivity index (χ1n) is 18.3. The van der Waals surface area contributed by atoms with Crippen molar-refractivity contribution in [1.29, 1.82) is 0 Å². The number of hydrogen-bond acceptors (Lipinski definition) is 12. The van der Waals surface area contributed by atoms with Crippen LogP contribution in [0.5, 0.6) is 0 Å². The maximum absolute atomic E-state index is 12.7. The van der Waals surface area contributed by atoms with Crippen molar-refractivity contribution in [2.45, 2.75) is 96.3 Å². The van der Waals surface area contributed by atoms with Gasteiger partial charge in [-0.3, -0.25) is 14.3 Å². The van der Waals surface area contributed by atoms with Gasteiger partial charge in [0.2, 0.25) is 11.9 Å². The number of hydrogen-bond donors (Lipinski definition) is 5. The van der Waals surface area contributed by atoms with Gasteiger partial charge in [-0.15, -0.1) is 5.10 Å². The number of nitrogens with one attached hydrogen (secondary N) is 5. The van der Waals surface area contributed by atoms with Gasteiger partial charge in [0.1, 0.15) is 11.5 Å². The highest BCUT2D eigenvalue weighted by atomic mass is 16.5. The Morgan fingerprint density at radius 3 is 2.57 bits per heavy atom.